The van der Waals surface area contributed by atoms with E-state index in [1.54, 1.807) is 24.4 Å². The summed E-state index contributed by atoms with van der Waals surface area (Å²) in [5.74, 6) is 0.745. The number of ether oxygens (including phenoxy) is 1. The lowest BCUT2D eigenvalue weighted by Gasteiger charge is -2.06. The van der Waals surface area contributed by atoms with Crippen LogP contribution >= 0.6 is 0 Å². The summed E-state index contributed by atoms with van der Waals surface area (Å²) in [6, 6.07) is 10.8. The predicted molar refractivity (Wildman–Crippen MR) is 99.0 cm³/mol. The van der Waals surface area contributed by atoms with Crippen molar-refractivity contribution in [3.8, 4) is 17.1 Å². The molecule has 0 aliphatic carbocycles. The van der Waals surface area contributed by atoms with Crippen molar-refractivity contribution in [3.63, 3.8) is 0 Å². The molecule has 0 amide bonds. The fourth-order valence-electron chi connectivity index (χ4n) is 2.97. The van der Waals surface area contributed by atoms with Gasteiger partial charge in [-0.05, 0) is 44.0 Å². The molecule has 0 bridgehead atoms. The van der Waals surface area contributed by atoms with Crippen LogP contribution in [0, 0.1) is 0 Å². The minimum Gasteiger partial charge on any atom is -0.508 e. The number of benzene rings is 1. The summed E-state index contributed by atoms with van der Waals surface area (Å²) < 4.78 is 11.4. The summed E-state index contributed by atoms with van der Waals surface area (Å²) in [7, 11) is 0. The number of nitrogens with zero attached hydrogens (tertiary/aromatic N) is 3. The van der Waals surface area contributed by atoms with Crippen LogP contribution in [0.25, 0.3) is 33.6 Å². The first-order chi connectivity index (χ1) is 12.8. The Morgan fingerprint density at radius 3 is 2.92 bits per heavy atom. The van der Waals surface area contributed by atoms with E-state index in [4.69, 9.17) is 19.1 Å². The van der Waals surface area contributed by atoms with E-state index < -0.39 is 0 Å². The fourth-order valence-corrected chi connectivity index (χ4v) is 2.97. The molecule has 6 nitrogen and oxygen atoms in total. The molecule has 0 unspecified atom stereocenters. The van der Waals surface area contributed by atoms with Crippen molar-refractivity contribution in [3.05, 3.63) is 48.3 Å². The molecule has 4 rings (SSSR count). The van der Waals surface area contributed by atoms with Crippen LogP contribution in [0.5, 0.6) is 5.75 Å². The number of pyridine rings is 1. The number of rotatable bonds is 6. The van der Waals surface area contributed by atoms with Crippen LogP contribution in [0.3, 0.4) is 0 Å². The lowest BCUT2D eigenvalue weighted by Crippen LogP contribution is -2.00. The molecular weight excluding hydrogens is 330 g/mol. The van der Waals surface area contributed by atoms with Gasteiger partial charge in [0, 0.05) is 25.0 Å². The van der Waals surface area contributed by atoms with Crippen molar-refractivity contribution in [2.75, 3.05) is 13.2 Å². The highest BCUT2D eigenvalue weighted by Crippen LogP contribution is 2.31. The number of aromatic hydroxyl groups is 1. The zero-order valence-electron chi connectivity index (χ0n) is 14.5. The normalized spacial score (nSPS) is 11.4. The van der Waals surface area contributed by atoms with Gasteiger partial charge in [-0.1, -0.05) is 12.1 Å². The molecule has 1 N–H and O–H groups in total. The molecule has 3 heterocycles. The number of aryl methyl sites for hydroxylation is 1. The van der Waals surface area contributed by atoms with Crippen LogP contribution in [-0.4, -0.2) is 33.3 Å². The smallest absolute Gasteiger partial charge is 0.229 e. The van der Waals surface area contributed by atoms with Crippen molar-refractivity contribution in [1.29, 1.82) is 0 Å². The molecule has 1 aromatic carbocycles. The van der Waals surface area contributed by atoms with Gasteiger partial charge in [0.05, 0.1) is 11.1 Å². The summed E-state index contributed by atoms with van der Waals surface area (Å²) in [6.07, 6.45) is 3.25. The summed E-state index contributed by atoms with van der Waals surface area (Å²) in [5, 5.41) is 10.6. The topological polar surface area (TPSA) is 81.3 Å². The van der Waals surface area contributed by atoms with Crippen molar-refractivity contribution in [2.24, 2.45) is 0 Å². The second kappa shape index (κ2) is 7.09. The zero-order chi connectivity index (χ0) is 17.9. The molecule has 0 atom stereocenters. The molecule has 0 saturated heterocycles. The monoisotopic (exact) mass is 349 g/mol. The second-order valence-electron chi connectivity index (χ2n) is 5.98. The Balaban J connectivity index is 1.86. The van der Waals surface area contributed by atoms with Gasteiger partial charge in [-0.15, -0.1) is 0 Å². The van der Waals surface area contributed by atoms with Gasteiger partial charge in [-0.25, -0.2) is 15.0 Å². The standard InChI is InChI=1S/C20H19N3O3/c1-2-25-11-5-9-16-18-17(15-8-4-10-21-20(15)26-18)23-19(22-16)13-6-3-7-14(24)12-13/h3-4,6-8,10,12,24H,2,5,9,11H2,1H3. The first kappa shape index (κ1) is 16.5. The largest absolute Gasteiger partial charge is 0.508 e. The van der Waals surface area contributed by atoms with Gasteiger partial charge in [0.2, 0.25) is 5.71 Å². The highest BCUT2D eigenvalue weighted by atomic mass is 16.5. The Hall–Kier alpha value is -2.99. The quantitative estimate of drug-likeness (QED) is 0.528. The highest BCUT2D eigenvalue weighted by molar-refractivity contribution is 6.02. The van der Waals surface area contributed by atoms with Crippen molar-refractivity contribution in [1.82, 2.24) is 15.0 Å². The van der Waals surface area contributed by atoms with Gasteiger partial charge >= 0.3 is 0 Å². The first-order valence-electron chi connectivity index (χ1n) is 8.67. The maximum atomic E-state index is 9.79. The Morgan fingerprint density at radius 1 is 1.15 bits per heavy atom. The Bertz CT molecular complexity index is 1060. The van der Waals surface area contributed by atoms with Crippen LogP contribution in [0.15, 0.2) is 47.0 Å². The lowest BCUT2D eigenvalue weighted by atomic mass is 10.1. The van der Waals surface area contributed by atoms with Crippen molar-refractivity contribution in [2.45, 2.75) is 19.8 Å². The fraction of sp³-hybridized carbons (Fsp3) is 0.250. The molecule has 0 aliphatic rings. The Labute approximate surface area is 150 Å². The summed E-state index contributed by atoms with van der Waals surface area (Å²) in [5.41, 5.74) is 3.55. The van der Waals surface area contributed by atoms with E-state index in [2.05, 4.69) is 4.98 Å². The van der Waals surface area contributed by atoms with Gasteiger partial charge in [-0.3, -0.25) is 0 Å². The van der Waals surface area contributed by atoms with Crippen LogP contribution < -0.4 is 0 Å². The maximum Gasteiger partial charge on any atom is 0.229 e. The number of aromatic nitrogens is 3. The second-order valence-corrected chi connectivity index (χ2v) is 5.98. The molecule has 0 saturated carbocycles. The molecule has 132 valence electrons. The average Bonchev–Trinajstić information content (AvgIpc) is 3.04. The van der Waals surface area contributed by atoms with Crippen molar-refractivity contribution >= 4 is 22.2 Å². The minimum absolute atomic E-state index is 0.183. The molecule has 0 radical (unpaired) electrons. The molecule has 4 aromatic rings. The number of fused-ring (bicyclic) bond motifs is 3. The van der Waals surface area contributed by atoms with Crippen molar-refractivity contribution < 1.29 is 14.3 Å². The summed E-state index contributed by atoms with van der Waals surface area (Å²) in [6.45, 7) is 3.35. The number of furan rings is 1. The number of phenols is 1. The van der Waals surface area contributed by atoms with E-state index >= 15 is 0 Å². The van der Waals surface area contributed by atoms with Gasteiger partial charge < -0.3 is 14.3 Å². The third-order valence-corrected chi connectivity index (χ3v) is 4.17. The van der Waals surface area contributed by atoms with Crippen LogP contribution in [0.4, 0.5) is 0 Å². The molecule has 0 spiro atoms. The molecule has 3 aromatic heterocycles. The number of hydrogen-bond acceptors (Lipinski definition) is 6. The average molecular weight is 349 g/mol. The van der Waals surface area contributed by atoms with Gasteiger partial charge in [0.15, 0.2) is 11.4 Å². The number of phenolic OH excluding ortho intramolecular Hbond substituents is 1. The molecule has 0 aliphatic heterocycles. The summed E-state index contributed by atoms with van der Waals surface area (Å²) in [4.78, 5) is 13.7. The SMILES string of the molecule is CCOCCCc1nc(-c2cccc(O)c2)nc2c1oc1ncccc12. The van der Waals surface area contributed by atoms with Crippen LogP contribution in [-0.2, 0) is 11.2 Å². The molecular formula is C20H19N3O3. The van der Waals surface area contributed by atoms with E-state index in [9.17, 15) is 5.11 Å². The van der Waals surface area contributed by atoms with E-state index in [0.29, 0.717) is 36.8 Å². The molecule has 6 heteroatoms. The van der Waals surface area contributed by atoms with E-state index in [1.807, 2.05) is 25.1 Å². The van der Waals surface area contributed by atoms with Crippen LogP contribution in [0.2, 0.25) is 0 Å². The number of hydrogen-bond donors (Lipinski definition) is 1. The Kier molecular flexibility index (Phi) is 4.50. The predicted octanol–water partition coefficient (Wildman–Crippen LogP) is 4.11. The molecule has 0 fully saturated rings. The zero-order valence-corrected chi connectivity index (χ0v) is 14.5. The van der Waals surface area contributed by atoms with Gasteiger partial charge in [-0.2, -0.15) is 0 Å². The Morgan fingerprint density at radius 2 is 2.08 bits per heavy atom. The minimum atomic E-state index is 0.183. The summed E-state index contributed by atoms with van der Waals surface area (Å²) >= 11 is 0. The van der Waals surface area contributed by atoms with Gasteiger partial charge in [0.1, 0.15) is 11.3 Å². The van der Waals surface area contributed by atoms with E-state index in [1.165, 1.54) is 0 Å². The van der Waals surface area contributed by atoms with E-state index in [0.717, 1.165) is 28.6 Å². The highest BCUT2D eigenvalue weighted by Gasteiger charge is 2.17. The third kappa shape index (κ3) is 3.11. The van der Waals surface area contributed by atoms with E-state index in [-0.39, 0.29) is 5.75 Å². The first-order valence-corrected chi connectivity index (χ1v) is 8.67. The molecule has 26 heavy (non-hydrogen) atoms. The third-order valence-electron chi connectivity index (χ3n) is 4.17. The van der Waals surface area contributed by atoms with Gasteiger partial charge in [0.25, 0.3) is 0 Å². The lowest BCUT2D eigenvalue weighted by molar-refractivity contribution is 0.145. The maximum absolute atomic E-state index is 9.79. The van der Waals surface area contributed by atoms with Crippen LogP contribution in [0.1, 0.15) is 19.0 Å².